The summed E-state index contributed by atoms with van der Waals surface area (Å²) in [6, 6.07) is 23.0. The molecule has 1 heterocycles. The summed E-state index contributed by atoms with van der Waals surface area (Å²) >= 11 is 0. The number of para-hydroxylation sites is 1. The third-order valence-electron chi connectivity index (χ3n) is 3.47. The predicted molar refractivity (Wildman–Crippen MR) is 88.2 cm³/mol. The lowest BCUT2D eigenvalue weighted by molar-refractivity contribution is 1.09. The van der Waals surface area contributed by atoms with Crippen LogP contribution in [0.2, 0.25) is 0 Å². The average Bonchev–Trinajstić information content (AvgIpc) is 2.55. The molecule has 104 valence electrons. The van der Waals surface area contributed by atoms with Crippen molar-refractivity contribution in [3.05, 3.63) is 84.2 Å². The summed E-state index contributed by atoms with van der Waals surface area (Å²) in [5.74, 6) is 0. The molecule has 3 rings (SSSR count). The number of anilines is 1. The molecule has 2 nitrogen and oxygen atoms in total. The molecule has 0 saturated heterocycles. The van der Waals surface area contributed by atoms with Crippen LogP contribution in [0.5, 0.6) is 0 Å². The van der Waals surface area contributed by atoms with E-state index in [4.69, 9.17) is 0 Å². The third kappa shape index (κ3) is 3.29. The van der Waals surface area contributed by atoms with Gasteiger partial charge in [-0.2, -0.15) is 0 Å². The summed E-state index contributed by atoms with van der Waals surface area (Å²) in [7, 11) is 0. The zero-order valence-corrected chi connectivity index (χ0v) is 12.1. The Morgan fingerprint density at radius 1 is 0.857 bits per heavy atom. The minimum absolute atomic E-state index is 0.775. The Hall–Kier alpha value is -2.61. The van der Waals surface area contributed by atoms with Gasteiger partial charge in [0.15, 0.2) is 0 Å². The van der Waals surface area contributed by atoms with Gasteiger partial charge in [0, 0.05) is 29.7 Å². The number of nitrogens with one attached hydrogen (secondary N) is 1. The number of aromatic nitrogens is 1. The number of rotatable bonds is 4. The molecule has 1 N–H and O–H groups in total. The molecule has 0 aliphatic heterocycles. The molecule has 0 aliphatic rings. The molecule has 0 amide bonds. The lowest BCUT2D eigenvalue weighted by Crippen LogP contribution is -2.01. The van der Waals surface area contributed by atoms with Crippen LogP contribution < -0.4 is 5.32 Å². The van der Waals surface area contributed by atoms with Crippen LogP contribution >= 0.6 is 0 Å². The molecule has 0 bridgehead atoms. The van der Waals surface area contributed by atoms with Gasteiger partial charge in [-0.15, -0.1) is 0 Å². The Morgan fingerprint density at radius 3 is 2.38 bits per heavy atom. The largest absolute Gasteiger partial charge is 0.380 e. The molecule has 0 spiro atoms. The molecule has 3 aromatic rings. The highest BCUT2D eigenvalue weighted by atomic mass is 14.9. The first-order valence-corrected chi connectivity index (χ1v) is 7.13. The van der Waals surface area contributed by atoms with Crippen molar-refractivity contribution in [3.8, 4) is 11.1 Å². The molecule has 0 atom stereocenters. The van der Waals surface area contributed by atoms with E-state index in [0.717, 1.165) is 17.9 Å². The maximum atomic E-state index is 4.33. The van der Waals surface area contributed by atoms with Crippen LogP contribution in [0.4, 0.5) is 5.69 Å². The highest BCUT2D eigenvalue weighted by Crippen LogP contribution is 2.27. The van der Waals surface area contributed by atoms with E-state index in [0.29, 0.717) is 0 Å². The Kier molecular flexibility index (Phi) is 3.97. The highest BCUT2D eigenvalue weighted by molar-refractivity contribution is 5.77. The van der Waals surface area contributed by atoms with Crippen LogP contribution in [0.1, 0.15) is 11.3 Å². The Morgan fingerprint density at radius 2 is 1.62 bits per heavy atom. The number of hydrogen-bond acceptors (Lipinski definition) is 2. The van der Waals surface area contributed by atoms with Gasteiger partial charge in [0.2, 0.25) is 0 Å². The van der Waals surface area contributed by atoms with E-state index in [-0.39, 0.29) is 0 Å². The molecule has 0 aliphatic carbocycles. The fraction of sp³-hybridized carbons (Fsp3) is 0.105. The second-order valence-corrected chi connectivity index (χ2v) is 5.07. The lowest BCUT2D eigenvalue weighted by atomic mass is 10.0. The topological polar surface area (TPSA) is 24.9 Å². The third-order valence-corrected chi connectivity index (χ3v) is 3.47. The van der Waals surface area contributed by atoms with Gasteiger partial charge in [0.1, 0.15) is 0 Å². The predicted octanol–water partition coefficient (Wildman–Crippen LogP) is 4.67. The number of benzene rings is 2. The van der Waals surface area contributed by atoms with Crippen molar-refractivity contribution in [1.29, 1.82) is 0 Å². The summed E-state index contributed by atoms with van der Waals surface area (Å²) in [6.45, 7) is 2.78. The van der Waals surface area contributed by atoms with Gasteiger partial charge in [-0.05, 0) is 30.2 Å². The number of aryl methyl sites for hydroxylation is 1. The summed E-state index contributed by atoms with van der Waals surface area (Å²) in [5.41, 5.74) is 5.82. The van der Waals surface area contributed by atoms with Crippen LogP contribution in [-0.2, 0) is 6.54 Å². The van der Waals surface area contributed by atoms with Gasteiger partial charge < -0.3 is 5.32 Å². The molecule has 1 aromatic heterocycles. The minimum Gasteiger partial charge on any atom is -0.380 e. The van der Waals surface area contributed by atoms with Crippen LogP contribution in [0, 0.1) is 6.92 Å². The van der Waals surface area contributed by atoms with Gasteiger partial charge in [-0.1, -0.05) is 54.6 Å². The zero-order chi connectivity index (χ0) is 14.5. The molecule has 0 fully saturated rings. The van der Waals surface area contributed by atoms with Crippen LogP contribution in [0.15, 0.2) is 72.9 Å². The molecule has 0 radical (unpaired) electrons. The van der Waals surface area contributed by atoms with Gasteiger partial charge in [-0.3, -0.25) is 4.98 Å². The first kappa shape index (κ1) is 13.4. The first-order valence-electron chi connectivity index (χ1n) is 7.13. The van der Waals surface area contributed by atoms with E-state index in [1.54, 1.807) is 0 Å². The molecule has 2 aromatic carbocycles. The molecule has 0 saturated carbocycles. The van der Waals surface area contributed by atoms with E-state index in [9.17, 15) is 0 Å². The number of nitrogens with zero attached hydrogens (tertiary/aromatic N) is 1. The summed E-state index contributed by atoms with van der Waals surface area (Å²) < 4.78 is 0. The highest BCUT2D eigenvalue weighted by Gasteiger charge is 2.03. The van der Waals surface area contributed by atoms with Gasteiger partial charge in [0.05, 0.1) is 0 Å². The maximum Gasteiger partial charge on any atom is 0.0422 e. The summed E-state index contributed by atoms with van der Waals surface area (Å²) in [5, 5.41) is 3.51. The molecule has 2 heteroatoms. The maximum absolute atomic E-state index is 4.33. The second kappa shape index (κ2) is 6.23. The van der Waals surface area contributed by atoms with E-state index < -0.39 is 0 Å². The smallest absolute Gasteiger partial charge is 0.0422 e. The van der Waals surface area contributed by atoms with Crippen molar-refractivity contribution in [2.45, 2.75) is 13.5 Å². The molecular formula is C19H18N2. The van der Waals surface area contributed by atoms with Crippen molar-refractivity contribution < 1.29 is 0 Å². The Bertz CT molecular complexity index is 703. The van der Waals surface area contributed by atoms with Crippen LogP contribution in [0.3, 0.4) is 0 Å². The van der Waals surface area contributed by atoms with Crippen molar-refractivity contribution in [2.24, 2.45) is 0 Å². The van der Waals surface area contributed by atoms with Crippen molar-refractivity contribution in [1.82, 2.24) is 4.98 Å². The average molecular weight is 274 g/mol. The van der Waals surface area contributed by atoms with Gasteiger partial charge >= 0.3 is 0 Å². The molecular weight excluding hydrogens is 256 g/mol. The standard InChI is InChI=1S/C19H18N2/c1-15-11-12-16(13-20-15)14-21-19-10-6-5-9-18(19)17-7-3-2-4-8-17/h2-13,21H,14H2,1H3. The Labute approximate surface area is 125 Å². The monoisotopic (exact) mass is 274 g/mol. The normalized spacial score (nSPS) is 10.3. The number of pyridine rings is 1. The quantitative estimate of drug-likeness (QED) is 0.748. The van der Waals surface area contributed by atoms with Gasteiger partial charge in [0.25, 0.3) is 0 Å². The lowest BCUT2D eigenvalue weighted by Gasteiger charge is -2.12. The Balaban J connectivity index is 1.81. The second-order valence-electron chi connectivity index (χ2n) is 5.07. The van der Waals surface area contributed by atoms with E-state index in [2.05, 4.69) is 64.9 Å². The fourth-order valence-corrected chi connectivity index (χ4v) is 2.31. The fourth-order valence-electron chi connectivity index (χ4n) is 2.31. The zero-order valence-electron chi connectivity index (χ0n) is 12.1. The van der Waals surface area contributed by atoms with E-state index in [1.807, 2.05) is 25.3 Å². The minimum atomic E-state index is 0.775. The summed E-state index contributed by atoms with van der Waals surface area (Å²) in [6.07, 6.45) is 1.92. The van der Waals surface area contributed by atoms with Crippen LogP contribution in [-0.4, -0.2) is 4.98 Å². The van der Waals surface area contributed by atoms with Crippen molar-refractivity contribution >= 4 is 5.69 Å². The van der Waals surface area contributed by atoms with Crippen molar-refractivity contribution in [3.63, 3.8) is 0 Å². The van der Waals surface area contributed by atoms with Crippen molar-refractivity contribution in [2.75, 3.05) is 5.32 Å². The SMILES string of the molecule is Cc1ccc(CNc2ccccc2-c2ccccc2)cn1. The van der Waals surface area contributed by atoms with E-state index >= 15 is 0 Å². The molecule has 21 heavy (non-hydrogen) atoms. The number of hydrogen-bond donors (Lipinski definition) is 1. The molecule has 0 unspecified atom stereocenters. The van der Waals surface area contributed by atoms with Gasteiger partial charge in [-0.25, -0.2) is 0 Å². The summed E-state index contributed by atoms with van der Waals surface area (Å²) in [4.78, 5) is 4.33. The first-order chi connectivity index (χ1) is 10.3. The van der Waals surface area contributed by atoms with E-state index in [1.165, 1.54) is 16.7 Å². The van der Waals surface area contributed by atoms with Crippen LogP contribution in [0.25, 0.3) is 11.1 Å².